The molecule has 0 N–H and O–H groups in total. The lowest BCUT2D eigenvalue weighted by Gasteiger charge is -2.58. The third kappa shape index (κ3) is 7.58. The van der Waals surface area contributed by atoms with Crippen LogP contribution in [0.1, 0.15) is 168 Å². The standard InChI is InChI=1S/C43H76O4/c1-41(2,31-23-27-42(28-24-31,33-7-15-37(44-3)16-8-33)34-9-17-38(45-4)18-10-34)32-25-29-43(30-26-32,35-11-19-39(46-5)20-12-35)36-13-21-40(47-6)22-14-36/h31-40H,7-30H2,1-6H3. The number of methoxy groups -OCH3 is 4. The Morgan fingerprint density at radius 1 is 0.340 bits per heavy atom. The van der Waals surface area contributed by atoms with Gasteiger partial charge in [-0.2, -0.15) is 0 Å². The first kappa shape index (κ1) is 36.6. The van der Waals surface area contributed by atoms with Gasteiger partial charge in [-0.25, -0.2) is 0 Å². The Bertz CT molecular complexity index is 787. The predicted octanol–water partition coefficient (Wildman–Crippen LogP) is 11.2. The molecule has 0 atom stereocenters. The van der Waals surface area contributed by atoms with Crippen LogP contribution in [0.25, 0.3) is 0 Å². The van der Waals surface area contributed by atoms with Gasteiger partial charge in [0.15, 0.2) is 0 Å². The zero-order valence-electron chi connectivity index (χ0n) is 31.9. The van der Waals surface area contributed by atoms with Crippen molar-refractivity contribution in [2.24, 2.45) is 51.8 Å². The third-order valence-corrected chi connectivity index (χ3v) is 17.2. The maximum Gasteiger partial charge on any atom is 0.0571 e. The molecule has 0 heterocycles. The van der Waals surface area contributed by atoms with E-state index in [4.69, 9.17) is 18.9 Å². The number of ether oxygens (including phenoxy) is 4. The summed E-state index contributed by atoms with van der Waals surface area (Å²) in [4.78, 5) is 0. The van der Waals surface area contributed by atoms with Gasteiger partial charge < -0.3 is 18.9 Å². The lowest BCUT2D eigenvalue weighted by atomic mass is 9.47. The van der Waals surface area contributed by atoms with Crippen molar-refractivity contribution >= 4 is 0 Å². The molecule has 0 spiro atoms. The van der Waals surface area contributed by atoms with E-state index in [-0.39, 0.29) is 0 Å². The summed E-state index contributed by atoms with van der Waals surface area (Å²) in [5.41, 5.74) is 1.61. The molecule has 0 radical (unpaired) electrons. The average Bonchev–Trinajstić information content (AvgIpc) is 3.15. The van der Waals surface area contributed by atoms with Crippen molar-refractivity contribution in [3.05, 3.63) is 0 Å². The van der Waals surface area contributed by atoms with Crippen LogP contribution >= 0.6 is 0 Å². The fourth-order valence-electron chi connectivity index (χ4n) is 13.9. The van der Waals surface area contributed by atoms with Gasteiger partial charge in [0.05, 0.1) is 24.4 Å². The van der Waals surface area contributed by atoms with Crippen LogP contribution in [0, 0.1) is 51.8 Å². The highest BCUT2D eigenvalue weighted by Gasteiger charge is 2.54. The molecule has 0 aromatic rings. The van der Waals surface area contributed by atoms with Gasteiger partial charge in [-0.1, -0.05) is 13.8 Å². The van der Waals surface area contributed by atoms with Gasteiger partial charge in [-0.05, 0) is 206 Å². The molecule has 0 saturated heterocycles. The second-order valence-corrected chi connectivity index (χ2v) is 18.7. The number of hydrogen-bond acceptors (Lipinski definition) is 4. The molecule has 0 unspecified atom stereocenters. The van der Waals surface area contributed by atoms with Crippen LogP contribution in [-0.2, 0) is 18.9 Å². The Morgan fingerprint density at radius 3 is 0.745 bits per heavy atom. The molecule has 272 valence electrons. The fraction of sp³-hybridized carbons (Fsp3) is 1.00. The van der Waals surface area contributed by atoms with Gasteiger partial charge in [0.2, 0.25) is 0 Å². The second-order valence-electron chi connectivity index (χ2n) is 18.7. The molecule has 4 heteroatoms. The Hall–Kier alpha value is -0.160. The van der Waals surface area contributed by atoms with E-state index in [9.17, 15) is 0 Å². The van der Waals surface area contributed by atoms with Crippen molar-refractivity contribution in [2.75, 3.05) is 28.4 Å². The minimum absolute atomic E-state index is 0.459. The minimum atomic E-state index is 0.459. The van der Waals surface area contributed by atoms with Crippen LogP contribution in [0.15, 0.2) is 0 Å². The summed E-state index contributed by atoms with van der Waals surface area (Å²) in [7, 11) is 7.75. The molecule has 0 aromatic carbocycles. The smallest absolute Gasteiger partial charge is 0.0571 e. The summed E-state index contributed by atoms with van der Waals surface area (Å²) in [6, 6.07) is 0. The van der Waals surface area contributed by atoms with Gasteiger partial charge >= 0.3 is 0 Å². The molecule has 6 rings (SSSR count). The summed E-state index contributed by atoms with van der Waals surface area (Å²) in [5.74, 6) is 5.45. The Labute approximate surface area is 290 Å². The van der Waals surface area contributed by atoms with E-state index >= 15 is 0 Å². The van der Waals surface area contributed by atoms with E-state index in [0.29, 0.717) is 40.7 Å². The Morgan fingerprint density at radius 2 is 0.553 bits per heavy atom. The van der Waals surface area contributed by atoms with Crippen LogP contribution in [0.2, 0.25) is 0 Å². The quantitative estimate of drug-likeness (QED) is 0.234. The molecule has 47 heavy (non-hydrogen) atoms. The summed E-state index contributed by atoms with van der Waals surface area (Å²) in [6.45, 7) is 5.45. The van der Waals surface area contributed by atoms with Gasteiger partial charge in [0.1, 0.15) is 0 Å². The highest BCUT2D eigenvalue weighted by molar-refractivity contribution is 5.04. The number of rotatable bonds is 10. The first-order valence-electron chi connectivity index (χ1n) is 20.9. The molecule has 0 bridgehead atoms. The fourth-order valence-corrected chi connectivity index (χ4v) is 13.9. The topological polar surface area (TPSA) is 36.9 Å². The van der Waals surface area contributed by atoms with E-state index < -0.39 is 0 Å². The van der Waals surface area contributed by atoms with E-state index in [1.54, 1.807) is 0 Å². The zero-order chi connectivity index (χ0) is 33.1. The molecule has 6 aliphatic rings. The van der Waals surface area contributed by atoms with Gasteiger partial charge in [-0.15, -0.1) is 0 Å². The van der Waals surface area contributed by atoms with Crippen LogP contribution in [-0.4, -0.2) is 52.9 Å². The zero-order valence-corrected chi connectivity index (χ0v) is 31.9. The highest BCUT2D eigenvalue weighted by atomic mass is 16.5. The summed E-state index contributed by atoms with van der Waals surface area (Å²) in [6.07, 6.45) is 35.4. The summed E-state index contributed by atoms with van der Waals surface area (Å²) < 4.78 is 23.4. The van der Waals surface area contributed by atoms with Crippen molar-refractivity contribution < 1.29 is 18.9 Å². The van der Waals surface area contributed by atoms with Crippen molar-refractivity contribution in [1.82, 2.24) is 0 Å². The van der Waals surface area contributed by atoms with E-state index in [1.165, 1.54) is 154 Å². The number of hydrogen-bond donors (Lipinski definition) is 0. The maximum absolute atomic E-state index is 5.85. The molecule has 6 saturated carbocycles. The first-order chi connectivity index (χ1) is 22.8. The average molecular weight is 657 g/mol. The van der Waals surface area contributed by atoms with Crippen molar-refractivity contribution in [2.45, 2.75) is 192 Å². The normalized spacial score (nSPS) is 45.8. The lowest BCUT2D eigenvalue weighted by molar-refractivity contribution is -0.0931. The summed E-state index contributed by atoms with van der Waals surface area (Å²) >= 11 is 0. The van der Waals surface area contributed by atoms with Crippen molar-refractivity contribution in [1.29, 1.82) is 0 Å². The predicted molar refractivity (Wildman–Crippen MR) is 194 cm³/mol. The largest absolute Gasteiger partial charge is 0.381 e. The Kier molecular flexibility index (Phi) is 12.5. The Balaban J connectivity index is 1.12. The lowest BCUT2D eigenvalue weighted by Crippen LogP contribution is -2.49. The van der Waals surface area contributed by atoms with E-state index in [1.807, 2.05) is 28.4 Å². The van der Waals surface area contributed by atoms with Gasteiger partial charge in [-0.3, -0.25) is 0 Å². The van der Waals surface area contributed by atoms with Gasteiger partial charge in [0.25, 0.3) is 0 Å². The molecule has 6 aliphatic carbocycles. The molecular formula is C43H76O4. The molecule has 0 aliphatic heterocycles. The SMILES string of the molecule is COC1CCC(C2(C3CCC(OC)CC3)CCC(C(C)(C)C3CCC(C4CCC(OC)CC4)(C4CCC(OC)CC4)CC3)CC2)CC1. The van der Waals surface area contributed by atoms with Gasteiger partial charge in [0, 0.05) is 28.4 Å². The van der Waals surface area contributed by atoms with Crippen LogP contribution in [0.4, 0.5) is 0 Å². The third-order valence-electron chi connectivity index (χ3n) is 17.2. The maximum atomic E-state index is 5.85. The van der Waals surface area contributed by atoms with E-state index in [0.717, 1.165) is 35.5 Å². The highest BCUT2D eigenvalue weighted by Crippen LogP contribution is 2.63. The van der Waals surface area contributed by atoms with Crippen LogP contribution in [0.5, 0.6) is 0 Å². The minimum Gasteiger partial charge on any atom is -0.381 e. The molecule has 0 amide bonds. The molecule has 0 aromatic heterocycles. The van der Waals surface area contributed by atoms with E-state index in [2.05, 4.69) is 13.8 Å². The first-order valence-corrected chi connectivity index (χ1v) is 20.9. The molecule has 6 fully saturated rings. The van der Waals surface area contributed by atoms with Crippen LogP contribution in [0.3, 0.4) is 0 Å². The van der Waals surface area contributed by atoms with Crippen molar-refractivity contribution in [3.63, 3.8) is 0 Å². The summed E-state index contributed by atoms with van der Waals surface area (Å²) in [5, 5.41) is 0. The molecular weight excluding hydrogens is 580 g/mol. The second kappa shape index (κ2) is 16.0. The monoisotopic (exact) mass is 657 g/mol. The molecule has 4 nitrogen and oxygen atoms in total. The van der Waals surface area contributed by atoms with Crippen molar-refractivity contribution in [3.8, 4) is 0 Å². The van der Waals surface area contributed by atoms with Crippen LogP contribution < -0.4 is 0 Å².